The van der Waals surface area contributed by atoms with Gasteiger partial charge >= 0.3 is 0 Å². The molecule has 9 heavy (non-hydrogen) atoms. The monoisotopic (exact) mass is 123 g/mol. The summed E-state index contributed by atoms with van der Waals surface area (Å²) >= 11 is 0. The van der Waals surface area contributed by atoms with E-state index in [2.05, 4.69) is 31.1 Å². The molecule has 1 aromatic rings. The Hall–Kier alpha value is -0.720. The van der Waals surface area contributed by atoms with Crippen molar-refractivity contribution in [1.29, 1.82) is 0 Å². The number of hydrogen-bond acceptors (Lipinski definition) is 0. The van der Waals surface area contributed by atoms with E-state index in [1.807, 2.05) is 6.20 Å². The van der Waals surface area contributed by atoms with E-state index in [9.17, 15) is 0 Å². The number of nitrogens with one attached hydrogen (secondary N) is 1. The molecule has 0 amide bonds. The van der Waals surface area contributed by atoms with Crippen molar-refractivity contribution in [3.63, 3.8) is 0 Å². The van der Waals surface area contributed by atoms with Crippen LogP contribution in [0.5, 0.6) is 0 Å². The van der Waals surface area contributed by atoms with E-state index < -0.39 is 0 Å². The molecular formula is C8H13N. The summed E-state index contributed by atoms with van der Waals surface area (Å²) < 4.78 is 0. The molecule has 50 valence electrons. The molecular weight excluding hydrogens is 110 g/mol. The number of rotatable bonds is 2. The first kappa shape index (κ1) is 6.40. The van der Waals surface area contributed by atoms with Crippen LogP contribution in [0.3, 0.4) is 0 Å². The first-order valence-corrected chi connectivity index (χ1v) is 3.40. The Morgan fingerprint density at radius 2 is 2.33 bits per heavy atom. The standard InChI is InChI=1S/C8H13N/c1-7(2)5-8-3-4-9-6-8/h3-4,6-7,9H,5H2,1-2H3. The molecule has 0 fully saturated rings. The second-order valence-corrected chi connectivity index (χ2v) is 2.82. The summed E-state index contributed by atoms with van der Waals surface area (Å²) in [5, 5.41) is 0. The van der Waals surface area contributed by atoms with Crippen molar-refractivity contribution in [2.24, 2.45) is 5.92 Å². The summed E-state index contributed by atoms with van der Waals surface area (Å²) in [6.45, 7) is 4.46. The van der Waals surface area contributed by atoms with Gasteiger partial charge in [-0.1, -0.05) is 13.8 Å². The maximum atomic E-state index is 3.04. The lowest BCUT2D eigenvalue weighted by molar-refractivity contribution is 0.648. The van der Waals surface area contributed by atoms with Crippen LogP contribution in [0.25, 0.3) is 0 Å². The Bertz CT molecular complexity index is 151. The topological polar surface area (TPSA) is 15.8 Å². The van der Waals surface area contributed by atoms with E-state index in [0.717, 1.165) is 5.92 Å². The zero-order valence-electron chi connectivity index (χ0n) is 6.02. The Morgan fingerprint density at radius 1 is 1.56 bits per heavy atom. The van der Waals surface area contributed by atoms with Gasteiger partial charge in [0.1, 0.15) is 0 Å². The van der Waals surface area contributed by atoms with Crippen LogP contribution in [-0.4, -0.2) is 4.98 Å². The summed E-state index contributed by atoms with van der Waals surface area (Å²) in [5.74, 6) is 0.765. The maximum absolute atomic E-state index is 3.04. The van der Waals surface area contributed by atoms with Gasteiger partial charge in [0.15, 0.2) is 0 Å². The summed E-state index contributed by atoms with van der Waals surface area (Å²) in [6.07, 6.45) is 5.21. The lowest BCUT2D eigenvalue weighted by atomic mass is 10.1. The zero-order chi connectivity index (χ0) is 6.69. The molecule has 0 bridgehead atoms. The quantitative estimate of drug-likeness (QED) is 0.620. The van der Waals surface area contributed by atoms with Gasteiger partial charge in [0.05, 0.1) is 0 Å². The van der Waals surface area contributed by atoms with E-state index in [-0.39, 0.29) is 0 Å². The van der Waals surface area contributed by atoms with E-state index in [0.29, 0.717) is 0 Å². The summed E-state index contributed by atoms with van der Waals surface area (Å²) in [6, 6.07) is 2.12. The van der Waals surface area contributed by atoms with Gasteiger partial charge in [-0.25, -0.2) is 0 Å². The Morgan fingerprint density at radius 3 is 2.78 bits per heavy atom. The first-order valence-electron chi connectivity index (χ1n) is 3.40. The Balaban J connectivity index is 2.48. The highest BCUT2D eigenvalue weighted by Crippen LogP contribution is 2.05. The molecule has 0 aliphatic rings. The van der Waals surface area contributed by atoms with E-state index in [1.165, 1.54) is 12.0 Å². The Kier molecular flexibility index (Phi) is 1.93. The summed E-state index contributed by atoms with van der Waals surface area (Å²) in [7, 11) is 0. The molecule has 1 heteroatoms. The molecule has 0 radical (unpaired) electrons. The van der Waals surface area contributed by atoms with Gasteiger partial charge in [-0.3, -0.25) is 0 Å². The molecule has 0 aliphatic heterocycles. The fourth-order valence-corrected chi connectivity index (χ4v) is 0.957. The molecule has 1 rings (SSSR count). The van der Waals surface area contributed by atoms with Gasteiger partial charge in [-0.2, -0.15) is 0 Å². The van der Waals surface area contributed by atoms with Gasteiger partial charge in [-0.05, 0) is 24.0 Å². The maximum Gasteiger partial charge on any atom is 0.00374 e. The third kappa shape index (κ3) is 1.92. The minimum atomic E-state index is 0.765. The predicted octanol–water partition coefficient (Wildman–Crippen LogP) is 2.21. The molecule has 1 heterocycles. The molecule has 0 atom stereocenters. The molecule has 0 saturated carbocycles. The van der Waals surface area contributed by atoms with Crippen molar-refractivity contribution in [1.82, 2.24) is 4.98 Å². The SMILES string of the molecule is CC(C)Cc1cc[nH]c1. The molecule has 1 N–H and O–H groups in total. The van der Waals surface area contributed by atoms with Crippen molar-refractivity contribution in [3.05, 3.63) is 24.0 Å². The minimum Gasteiger partial charge on any atom is -0.367 e. The largest absolute Gasteiger partial charge is 0.367 e. The van der Waals surface area contributed by atoms with Gasteiger partial charge in [-0.15, -0.1) is 0 Å². The highest BCUT2D eigenvalue weighted by atomic mass is 14.6. The second kappa shape index (κ2) is 2.72. The molecule has 0 aromatic carbocycles. The van der Waals surface area contributed by atoms with Crippen molar-refractivity contribution in [2.75, 3.05) is 0 Å². The average Bonchev–Trinajstić information content (AvgIpc) is 2.15. The third-order valence-electron chi connectivity index (χ3n) is 1.31. The van der Waals surface area contributed by atoms with Crippen molar-refractivity contribution < 1.29 is 0 Å². The number of H-pyrrole nitrogens is 1. The smallest absolute Gasteiger partial charge is 0.00374 e. The third-order valence-corrected chi connectivity index (χ3v) is 1.31. The fraction of sp³-hybridized carbons (Fsp3) is 0.500. The van der Waals surface area contributed by atoms with Crippen LogP contribution < -0.4 is 0 Å². The van der Waals surface area contributed by atoms with Crippen LogP contribution in [0.15, 0.2) is 18.5 Å². The van der Waals surface area contributed by atoms with Crippen LogP contribution in [0, 0.1) is 5.92 Å². The molecule has 0 aliphatic carbocycles. The van der Waals surface area contributed by atoms with E-state index >= 15 is 0 Å². The molecule has 0 unspecified atom stereocenters. The molecule has 1 aromatic heterocycles. The summed E-state index contributed by atoms with van der Waals surface area (Å²) in [5.41, 5.74) is 1.41. The van der Waals surface area contributed by atoms with Crippen molar-refractivity contribution in [3.8, 4) is 0 Å². The van der Waals surface area contributed by atoms with Gasteiger partial charge < -0.3 is 4.98 Å². The number of aromatic amines is 1. The normalized spacial score (nSPS) is 10.6. The second-order valence-electron chi connectivity index (χ2n) is 2.82. The minimum absolute atomic E-state index is 0.765. The predicted molar refractivity (Wildman–Crippen MR) is 39.3 cm³/mol. The van der Waals surface area contributed by atoms with Crippen molar-refractivity contribution >= 4 is 0 Å². The van der Waals surface area contributed by atoms with E-state index in [1.54, 1.807) is 0 Å². The number of hydrogen-bond donors (Lipinski definition) is 1. The van der Waals surface area contributed by atoms with Crippen LogP contribution in [0.4, 0.5) is 0 Å². The lowest BCUT2D eigenvalue weighted by Crippen LogP contribution is -1.90. The molecule has 0 saturated heterocycles. The first-order chi connectivity index (χ1) is 4.29. The van der Waals surface area contributed by atoms with Crippen LogP contribution >= 0.6 is 0 Å². The van der Waals surface area contributed by atoms with Gasteiger partial charge in [0, 0.05) is 12.4 Å². The van der Waals surface area contributed by atoms with Gasteiger partial charge in [0.2, 0.25) is 0 Å². The fourth-order valence-electron chi connectivity index (χ4n) is 0.957. The average molecular weight is 123 g/mol. The van der Waals surface area contributed by atoms with Crippen LogP contribution in [0.1, 0.15) is 19.4 Å². The summed E-state index contributed by atoms with van der Waals surface area (Å²) in [4.78, 5) is 3.04. The molecule has 1 nitrogen and oxygen atoms in total. The molecule has 0 spiro atoms. The Labute approximate surface area is 56.1 Å². The van der Waals surface area contributed by atoms with Crippen molar-refractivity contribution in [2.45, 2.75) is 20.3 Å². The van der Waals surface area contributed by atoms with Gasteiger partial charge in [0.25, 0.3) is 0 Å². The van der Waals surface area contributed by atoms with Crippen LogP contribution in [0.2, 0.25) is 0 Å². The van der Waals surface area contributed by atoms with Crippen LogP contribution in [-0.2, 0) is 6.42 Å². The highest BCUT2D eigenvalue weighted by molar-refractivity contribution is 5.08. The highest BCUT2D eigenvalue weighted by Gasteiger charge is 1.95. The number of aromatic nitrogens is 1. The lowest BCUT2D eigenvalue weighted by Gasteiger charge is -1.98. The zero-order valence-corrected chi connectivity index (χ0v) is 6.02. The van der Waals surface area contributed by atoms with E-state index in [4.69, 9.17) is 0 Å².